The van der Waals surface area contributed by atoms with Crippen LogP contribution in [-0.4, -0.2) is 70.6 Å². The maximum Gasteiger partial charge on any atom is 0.261 e. The number of hydrogen-bond acceptors (Lipinski definition) is 5. The molecule has 2 fully saturated rings. The maximum absolute atomic E-state index is 13.1. The molecular weight excluding hydrogens is 414 g/mol. The molecule has 0 aliphatic carbocycles. The number of rotatable bonds is 4. The smallest absolute Gasteiger partial charge is 0.261 e. The van der Waals surface area contributed by atoms with Gasteiger partial charge in [0.15, 0.2) is 0 Å². The zero-order chi connectivity index (χ0) is 22.8. The maximum atomic E-state index is 13.1. The molecule has 0 spiro atoms. The third-order valence-electron chi connectivity index (χ3n) is 7.07. The van der Waals surface area contributed by atoms with Crippen LogP contribution in [0.5, 0.6) is 0 Å². The molecule has 7 nitrogen and oxygen atoms in total. The standard InChI is InChI=1S/C26H31N5O2/c1-20-7-2-5-11-24(20)29-15-13-28(14-16-29)21-8-6-12-30(17-21)25(32)18-31-19-27-23-10-4-3-9-22(23)26(31)33/h2-5,7,9-11,19,21H,6,8,12-18H2,1H3. The lowest BCUT2D eigenvalue weighted by atomic mass is 10.0. The first-order valence-electron chi connectivity index (χ1n) is 11.9. The predicted octanol–water partition coefficient (Wildman–Crippen LogP) is 2.52. The third-order valence-corrected chi connectivity index (χ3v) is 7.07. The van der Waals surface area contributed by atoms with Crippen LogP contribution in [0.15, 0.2) is 59.7 Å². The Morgan fingerprint density at radius 2 is 1.76 bits per heavy atom. The largest absolute Gasteiger partial charge is 0.369 e. The lowest BCUT2D eigenvalue weighted by Gasteiger charge is -2.44. The molecule has 0 saturated carbocycles. The first-order chi connectivity index (χ1) is 16.1. The van der Waals surface area contributed by atoms with E-state index in [1.807, 2.05) is 23.1 Å². The van der Waals surface area contributed by atoms with Crippen molar-refractivity contribution in [3.8, 4) is 0 Å². The minimum atomic E-state index is -0.158. The second kappa shape index (κ2) is 9.35. The van der Waals surface area contributed by atoms with Gasteiger partial charge in [-0.25, -0.2) is 4.98 Å². The fourth-order valence-electron chi connectivity index (χ4n) is 5.19. The van der Waals surface area contributed by atoms with E-state index in [0.29, 0.717) is 16.9 Å². The monoisotopic (exact) mass is 445 g/mol. The summed E-state index contributed by atoms with van der Waals surface area (Å²) in [6.07, 6.45) is 3.61. The van der Waals surface area contributed by atoms with E-state index in [1.165, 1.54) is 22.1 Å². The van der Waals surface area contributed by atoms with Crippen LogP contribution in [0.4, 0.5) is 5.69 Å². The third kappa shape index (κ3) is 4.50. The second-order valence-corrected chi connectivity index (χ2v) is 9.14. The molecule has 1 aromatic heterocycles. The number of anilines is 1. The summed E-state index contributed by atoms with van der Waals surface area (Å²) in [5.41, 5.74) is 3.15. The number of piperidine rings is 1. The zero-order valence-corrected chi connectivity index (χ0v) is 19.2. The van der Waals surface area contributed by atoms with E-state index in [0.717, 1.165) is 52.1 Å². The molecule has 2 saturated heterocycles. The van der Waals surface area contributed by atoms with E-state index < -0.39 is 0 Å². The van der Waals surface area contributed by atoms with Crippen LogP contribution in [0, 0.1) is 6.92 Å². The molecule has 1 amide bonds. The van der Waals surface area contributed by atoms with E-state index >= 15 is 0 Å². The number of aromatic nitrogens is 2. The van der Waals surface area contributed by atoms with Gasteiger partial charge in [-0.05, 0) is 43.5 Å². The Morgan fingerprint density at radius 1 is 1.00 bits per heavy atom. The van der Waals surface area contributed by atoms with E-state index in [-0.39, 0.29) is 18.0 Å². The van der Waals surface area contributed by atoms with Crippen molar-refractivity contribution < 1.29 is 4.79 Å². The van der Waals surface area contributed by atoms with E-state index in [4.69, 9.17) is 0 Å². The summed E-state index contributed by atoms with van der Waals surface area (Å²) in [5.74, 6) is -0.00238. The molecular formula is C26H31N5O2. The van der Waals surface area contributed by atoms with Gasteiger partial charge in [-0.2, -0.15) is 0 Å². The van der Waals surface area contributed by atoms with Crippen LogP contribution in [0.1, 0.15) is 18.4 Å². The van der Waals surface area contributed by atoms with Crippen LogP contribution in [-0.2, 0) is 11.3 Å². The van der Waals surface area contributed by atoms with Gasteiger partial charge in [0.25, 0.3) is 5.56 Å². The van der Waals surface area contributed by atoms with Gasteiger partial charge in [0.2, 0.25) is 5.91 Å². The molecule has 2 aliphatic heterocycles. The van der Waals surface area contributed by atoms with E-state index in [1.54, 1.807) is 6.07 Å². The molecule has 172 valence electrons. The molecule has 3 aromatic rings. The molecule has 5 rings (SSSR count). The van der Waals surface area contributed by atoms with E-state index in [2.05, 4.69) is 46.0 Å². The zero-order valence-electron chi connectivity index (χ0n) is 19.2. The summed E-state index contributed by atoms with van der Waals surface area (Å²) in [4.78, 5) is 37.1. The highest BCUT2D eigenvalue weighted by atomic mass is 16.2. The number of benzene rings is 2. The first-order valence-corrected chi connectivity index (χ1v) is 11.9. The predicted molar refractivity (Wildman–Crippen MR) is 131 cm³/mol. The molecule has 0 N–H and O–H groups in total. The van der Waals surface area contributed by atoms with Crippen molar-refractivity contribution in [3.05, 3.63) is 70.8 Å². The van der Waals surface area contributed by atoms with Crippen molar-refractivity contribution in [2.45, 2.75) is 32.4 Å². The number of para-hydroxylation sites is 2. The summed E-state index contributed by atoms with van der Waals surface area (Å²) in [6, 6.07) is 16.2. The molecule has 0 bridgehead atoms. The number of amides is 1. The SMILES string of the molecule is Cc1ccccc1N1CCN(C2CCCN(C(=O)Cn3cnc4ccccc4c3=O)C2)CC1. The van der Waals surface area contributed by atoms with Crippen LogP contribution in [0.25, 0.3) is 10.9 Å². The fraction of sp³-hybridized carbons (Fsp3) is 0.423. The van der Waals surface area contributed by atoms with Gasteiger partial charge < -0.3 is 9.80 Å². The van der Waals surface area contributed by atoms with Gasteiger partial charge in [-0.15, -0.1) is 0 Å². The second-order valence-electron chi connectivity index (χ2n) is 9.14. The van der Waals surface area contributed by atoms with Crippen molar-refractivity contribution in [2.75, 3.05) is 44.2 Å². The number of carbonyl (C=O) groups excluding carboxylic acids is 1. The Bertz CT molecular complexity index is 1200. The molecule has 2 aliphatic rings. The Hall–Kier alpha value is -3.19. The molecule has 1 unspecified atom stereocenters. The van der Waals surface area contributed by atoms with E-state index in [9.17, 15) is 9.59 Å². The highest BCUT2D eigenvalue weighted by Crippen LogP contribution is 2.23. The minimum absolute atomic E-state index is 0.00238. The minimum Gasteiger partial charge on any atom is -0.369 e. The Labute approximate surface area is 194 Å². The first kappa shape index (κ1) is 21.6. The van der Waals surface area contributed by atoms with Crippen LogP contribution in [0.3, 0.4) is 0 Å². The topological polar surface area (TPSA) is 61.7 Å². The molecule has 1 atom stereocenters. The number of hydrogen-bond donors (Lipinski definition) is 0. The van der Waals surface area contributed by atoms with Crippen molar-refractivity contribution in [1.29, 1.82) is 0 Å². The number of nitrogens with zero attached hydrogens (tertiary/aromatic N) is 5. The van der Waals surface area contributed by atoms with Gasteiger partial charge in [-0.1, -0.05) is 30.3 Å². The average Bonchev–Trinajstić information content (AvgIpc) is 2.86. The number of carbonyl (C=O) groups is 1. The van der Waals surface area contributed by atoms with Gasteiger partial charge >= 0.3 is 0 Å². The number of aryl methyl sites for hydroxylation is 1. The fourth-order valence-corrected chi connectivity index (χ4v) is 5.19. The summed E-state index contributed by atoms with van der Waals surface area (Å²) in [7, 11) is 0. The number of piperazine rings is 1. The van der Waals surface area contributed by atoms with Gasteiger partial charge in [-0.3, -0.25) is 19.1 Å². The van der Waals surface area contributed by atoms with Crippen LogP contribution < -0.4 is 10.5 Å². The molecule has 2 aromatic carbocycles. The molecule has 33 heavy (non-hydrogen) atoms. The average molecular weight is 446 g/mol. The number of fused-ring (bicyclic) bond motifs is 1. The Morgan fingerprint density at radius 3 is 2.58 bits per heavy atom. The number of likely N-dealkylation sites (tertiary alicyclic amines) is 1. The molecule has 3 heterocycles. The summed E-state index contributed by atoms with van der Waals surface area (Å²) in [5, 5.41) is 0.552. The molecule has 7 heteroatoms. The quantitative estimate of drug-likeness (QED) is 0.618. The van der Waals surface area contributed by atoms with Crippen molar-refractivity contribution in [1.82, 2.24) is 19.4 Å². The van der Waals surface area contributed by atoms with Crippen LogP contribution in [0.2, 0.25) is 0 Å². The normalized spacial score (nSPS) is 19.7. The van der Waals surface area contributed by atoms with Crippen LogP contribution >= 0.6 is 0 Å². The highest BCUT2D eigenvalue weighted by Gasteiger charge is 2.30. The van der Waals surface area contributed by atoms with Gasteiger partial charge in [0, 0.05) is 51.0 Å². The lowest BCUT2D eigenvalue weighted by molar-refractivity contribution is -0.134. The van der Waals surface area contributed by atoms with Crippen molar-refractivity contribution in [3.63, 3.8) is 0 Å². The Balaban J connectivity index is 1.21. The lowest BCUT2D eigenvalue weighted by Crippen LogP contribution is -2.56. The van der Waals surface area contributed by atoms with Gasteiger partial charge in [0.1, 0.15) is 6.54 Å². The summed E-state index contributed by atoms with van der Waals surface area (Å²) >= 11 is 0. The van der Waals surface area contributed by atoms with Crippen molar-refractivity contribution in [2.24, 2.45) is 0 Å². The summed E-state index contributed by atoms with van der Waals surface area (Å²) in [6.45, 7) is 7.74. The summed E-state index contributed by atoms with van der Waals surface area (Å²) < 4.78 is 1.44. The Kier molecular flexibility index (Phi) is 6.13. The van der Waals surface area contributed by atoms with Crippen molar-refractivity contribution >= 4 is 22.5 Å². The molecule has 0 radical (unpaired) electrons. The highest BCUT2D eigenvalue weighted by molar-refractivity contribution is 5.79. The van der Waals surface area contributed by atoms with Gasteiger partial charge in [0.05, 0.1) is 17.2 Å².